The molecule has 19 heavy (non-hydrogen) atoms. The molecule has 2 N–H and O–H groups in total. The Morgan fingerprint density at radius 2 is 2.11 bits per heavy atom. The molecule has 0 radical (unpaired) electrons. The van der Waals surface area contributed by atoms with Crippen molar-refractivity contribution in [3.63, 3.8) is 0 Å². The van der Waals surface area contributed by atoms with Gasteiger partial charge in [0.1, 0.15) is 0 Å². The molecule has 0 spiro atoms. The molecule has 0 aliphatic carbocycles. The monoisotopic (exact) mass is 277 g/mol. The lowest BCUT2D eigenvalue weighted by Gasteiger charge is -2.09. The fourth-order valence-electron chi connectivity index (χ4n) is 1.82. The van der Waals surface area contributed by atoms with Crippen LogP contribution in [-0.2, 0) is 4.79 Å². The molecule has 100 valence electrons. The molecule has 4 nitrogen and oxygen atoms in total. The molecule has 2 rings (SSSR count). The van der Waals surface area contributed by atoms with Crippen LogP contribution in [0.3, 0.4) is 0 Å². The average molecular weight is 277 g/mol. The van der Waals surface area contributed by atoms with Crippen molar-refractivity contribution in [2.45, 2.75) is 13.3 Å². The first kappa shape index (κ1) is 13.5. The highest BCUT2D eigenvalue weighted by Gasteiger charge is 2.12. The van der Waals surface area contributed by atoms with Crippen molar-refractivity contribution < 1.29 is 14.7 Å². The van der Waals surface area contributed by atoms with E-state index in [1.54, 1.807) is 6.92 Å². The number of hydrogen-bond donors (Lipinski definition) is 2. The molecule has 0 bridgehead atoms. The summed E-state index contributed by atoms with van der Waals surface area (Å²) in [6, 6.07) is 9.68. The summed E-state index contributed by atoms with van der Waals surface area (Å²) in [7, 11) is 0. The Morgan fingerprint density at radius 3 is 2.79 bits per heavy atom. The van der Waals surface area contributed by atoms with Gasteiger partial charge in [-0.2, -0.15) is 0 Å². The molecular weight excluding hydrogens is 262 g/mol. The van der Waals surface area contributed by atoms with E-state index in [0.29, 0.717) is 11.4 Å². The average Bonchev–Trinajstić information content (AvgIpc) is 2.78. The van der Waals surface area contributed by atoms with Gasteiger partial charge in [0.15, 0.2) is 0 Å². The predicted molar refractivity (Wildman–Crippen MR) is 75.6 cm³/mol. The minimum Gasteiger partial charge on any atom is -0.481 e. The maximum Gasteiger partial charge on any atom is 0.303 e. The van der Waals surface area contributed by atoms with Gasteiger partial charge in [-0.3, -0.25) is 9.59 Å². The smallest absolute Gasteiger partial charge is 0.303 e. The van der Waals surface area contributed by atoms with Crippen LogP contribution in [0.15, 0.2) is 30.3 Å². The van der Waals surface area contributed by atoms with Gasteiger partial charge in [0.25, 0.3) is 5.91 Å². The summed E-state index contributed by atoms with van der Waals surface area (Å²) < 4.78 is 1.08. The second kappa shape index (κ2) is 5.84. The standard InChI is InChI=1S/C14H15NO3S/c1-9(6-13(16)17)8-15-14(18)12-7-10-4-2-3-5-11(10)19-12/h2-5,7,9H,6,8H2,1H3,(H,15,18)(H,16,17). The van der Waals surface area contributed by atoms with E-state index in [9.17, 15) is 9.59 Å². The number of nitrogens with one attached hydrogen (secondary N) is 1. The summed E-state index contributed by atoms with van der Waals surface area (Å²) in [5, 5.41) is 12.5. The number of carboxylic acids is 1. The third-order valence-electron chi connectivity index (χ3n) is 2.78. The molecule has 1 aromatic carbocycles. The van der Waals surface area contributed by atoms with E-state index < -0.39 is 5.97 Å². The zero-order valence-corrected chi connectivity index (χ0v) is 11.4. The van der Waals surface area contributed by atoms with Crippen molar-refractivity contribution in [2.75, 3.05) is 6.54 Å². The fourth-order valence-corrected chi connectivity index (χ4v) is 2.80. The number of carbonyl (C=O) groups is 2. The molecular formula is C14H15NO3S. The first-order chi connectivity index (χ1) is 9.06. The van der Waals surface area contributed by atoms with Crippen LogP contribution in [-0.4, -0.2) is 23.5 Å². The van der Waals surface area contributed by atoms with Crippen LogP contribution in [0.2, 0.25) is 0 Å². The molecule has 1 atom stereocenters. The number of carboxylic acid groups (broad SMARTS) is 1. The van der Waals surface area contributed by atoms with E-state index >= 15 is 0 Å². The lowest BCUT2D eigenvalue weighted by atomic mass is 10.1. The molecule has 1 unspecified atom stereocenters. The Bertz CT molecular complexity index is 573. The zero-order valence-electron chi connectivity index (χ0n) is 10.6. The van der Waals surface area contributed by atoms with E-state index in [-0.39, 0.29) is 18.2 Å². The largest absolute Gasteiger partial charge is 0.481 e. The molecule has 0 saturated carbocycles. The predicted octanol–water partition coefficient (Wildman–Crippen LogP) is 2.74. The van der Waals surface area contributed by atoms with Crippen LogP contribution < -0.4 is 5.32 Å². The van der Waals surface area contributed by atoms with E-state index in [1.807, 2.05) is 30.3 Å². The number of rotatable bonds is 5. The lowest BCUT2D eigenvalue weighted by molar-refractivity contribution is -0.137. The highest BCUT2D eigenvalue weighted by molar-refractivity contribution is 7.20. The van der Waals surface area contributed by atoms with Gasteiger partial charge in [-0.15, -0.1) is 11.3 Å². The Hall–Kier alpha value is -1.88. The number of amides is 1. The Labute approximate surface area is 115 Å². The minimum absolute atomic E-state index is 0.0622. The van der Waals surface area contributed by atoms with Gasteiger partial charge in [0, 0.05) is 17.7 Å². The second-order valence-electron chi connectivity index (χ2n) is 4.56. The van der Waals surface area contributed by atoms with Crippen molar-refractivity contribution in [2.24, 2.45) is 5.92 Å². The molecule has 5 heteroatoms. The van der Waals surface area contributed by atoms with Gasteiger partial charge in [-0.05, 0) is 23.4 Å². The third-order valence-corrected chi connectivity index (χ3v) is 3.90. The van der Waals surface area contributed by atoms with E-state index in [4.69, 9.17) is 5.11 Å². The van der Waals surface area contributed by atoms with Crippen LogP contribution in [0.25, 0.3) is 10.1 Å². The number of thiophene rings is 1. The van der Waals surface area contributed by atoms with Gasteiger partial charge in [0.05, 0.1) is 4.88 Å². The number of aliphatic carboxylic acids is 1. The topological polar surface area (TPSA) is 66.4 Å². The molecule has 0 aliphatic heterocycles. The SMILES string of the molecule is CC(CNC(=O)c1cc2ccccc2s1)CC(=O)O. The number of carbonyl (C=O) groups excluding carboxylic acids is 1. The van der Waals surface area contributed by atoms with Crippen LogP contribution >= 0.6 is 11.3 Å². The van der Waals surface area contributed by atoms with Gasteiger partial charge < -0.3 is 10.4 Å². The van der Waals surface area contributed by atoms with Crippen LogP contribution in [0.1, 0.15) is 23.0 Å². The Morgan fingerprint density at radius 1 is 1.37 bits per heavy atom. The maximum absolute atomic E-state index is 12.0. The Balaban J connectivity index is 1.98. The molecule has 0 fully saturated rings. The first-order valence-corrected chi connectivity index (χ1v) is 6.86. The van der Waals surface area contributed by atoms with Crippen LogP contribution in [0.4, 0.5) is 0 Å². The number of hydrogen-bond acceptors (Lipinski definition) is 3. The summed E-state index contributed by atoms with van der Waals surface area (Å²) >= 11 is 1.44. The summed E-state index contributed by atoms with van der Waals surface area (Å²) in [6.07, 6.45) is 0.0622. The molecule has 0 saturated heterocycles. The van der Waals surface area contributed by atoms with E-state index in [2.05, 4.69) is 5.32 Å². The van der Waals surface area contributed by atoms with Crippen molar-refractivity contribution in [3.05, 3.63) is 35.2 Å². The van der Waals surface area contributed by atoms with E-state index in [0.717, 1.165) is 10.1 Å². The van der Waals surface area contributed by atoms with Gasteiger partial charge >= 0.3 is 5.97 Å². The summed E-state index contributed by atoms with van der Waals surface area (Å²) in [4.78, 5) is 23.1. The highest BCUT2D eigenvalue weighted by Crippen LogP contribution is 2.25. The quantitative estimate of drug-likeness (QED) is 0.883. The van der Waals surface area contributed by atoms with Crippen LogP contribution in [0.5, 0.6) is 0 Å². The molecule has 1 amide bonds. The second-order valence-corrected chi connectivity index (χ2v) is 5.65. The summed E-state index contributed by atoms with van der Waals surface area (Å²) in [5.41, 5.74) is 0. The maximum atomic E-state index is 12.0. The molecule has 1 aromatic heterocycles. The molecule has 0 aliphatic rings. The third kappa shape index (κ3) is 3.54. The zero-order chi connectivity index (χ0) is 13.8. The normalized spacial score (nSPS) is 12.3. The molecule has 2 aromatic rings. The van der Waals surface area contributed by atoms with Crippen molar-refractivity contribution in [1.29, 1.82) is 0 Å². The Kier molecular flexibility index (Phi) is 4.16. The van der Waals surface area contributed by atoms with Gasteiger partial charge in [-0.1, -0.05) is 25.1 Å². The summed E-state index contributed by atoms with van der Waals surface area (Å²) in [6.45, 7) is 2.18. The molecule has 1 heterocycles. The number of fused-ring (bicyclic) bond motifs is 1. The van der Waals surface area contributed by atoms with Crippen molar-refractivity contribution in [3.8, 4) is 0 Å². The fraction of sp³-hybridized carbons (Fsp3) is 0.286. The summed E-state index contributed by atoms with van der Waals surface area (Å²) in [5.74, 6) is -1.06. The van der Waals surface area contributed by atoms with Crippen LogP contribution in [0, 0.1) is 5.92 Å². The van der Waals surface area contributed by atoms with Crippen molar-refractivity contribution >= 4 is 33.3 Å². The number of benzene rings is 1. The van der Waals surface area contributed by atoms with Gasteiger partial charge in [-0.25, -0.2) is 0 Å². The minimum atomic E-state index is -0.844. The first-order valence-electron chi connectivity index (χ1n) is 6.05. The van der Waals surface area contributed by atoms with Gasteiger partial charge in [0.2, 0.25) is 0 Å². The van der Waals surface area contributed by atoms with Crippen molar-refractivity contribution in [1.82, 2.24) is 5.32 Å². The lowest BCUT2D eigenvalue weighted by Crippen LogP contribution is -2.28. The highest BCUT2D eigenvalue weighted by atomic mass is 32.1. The van der Waals surface area contributed by atoms with E-state index in [1.165, 1.54) is 11.3 Å².